The van der Waals surface area contributed by atoms with Crippen molar-refractivity contribution in [2.45, 2.75) is 38.6 Å². The Hall–Kier alpha value is -3.07. The van der Waals surface area contributed by atoms with Crippen molar-refractivity contribution in [3.05, 3.63) is 46.3 Å². The number of tetrazole rings is 1. The third-order valence-electron chi connectivity index (χ3n) is 4.69. The number of aryl methyl sites for hydroxylation is 1. The predicted octanol–water partition coefficient (Wildman–Crippen LogP) is 2.41. The van der Waals surface area contributed by atoms with Crippen LogP contribution in [0.25, 0.3) is 11.4 Å². The van der Waals surface area contributed by atoms with E-state index in [1.165, 1.54) is 16.1 Å². The van der Waals surface area contributed by atoms with Crippen LogP contribution in [0.15, 0.2) is 30.3 Å². The Labute approximate surface area is 165 Å². The molecule has 9 heteroatoms. The summed E-state index contributed by atoms with van der Waals surface area (Å²) in [6, 6.07) is 9.42. The molecule has 0 radical (unpaired) electrons. The molecule has 144 valence electrons. The number of thiophene rings is 1. The van der Waals surface area contributed by atoms with Gasteiger partial charge in [-0.3, -0.25) is 9.59 Å². The second-order valence-electron chi connectivity index (χ2n) is 6.69. The van der Waals surface area contributed by atoms with Gasteiger partial charge in [0.1, 0.15) is 11.5 Å². The van der Waals surface area contributed by atoms with Crippen molar-refractivity contribution in [2.24, 2.45) is 5.73 Å². The zero-order chi connectivity index (χ0) is 19.5. The van der Waals surface area contributed by atoms with E-state index in [9.17, 15) is 9.59 Å². The molecule has 8 nitrogen and oxygen atoms in total. The highest BCUT2D eigenvalue weighted by Crippen LogP contribution is 2.37. The smallest absolute Gasteiger partial charge is 0.251 e. The number of aromatic nitrogens is 4. The lowest BCUT2D eigenvalue weighted by Crippen LogP contribution is -2.22. The lowest BCUT2D eigenvalue weighted by atomic mass is 10.1. The second kappa shape index (κ2) is 7.89. The van der Waals surface area contributed by atoms with Gasteiger partial charge in [0.05, 0.1) is 5.56 Å². The Morgan fingerprint density at radius 2 is 1.93 bits per heavy atom. The molecule has 0 fully saturated rings. The number of hydrogen-bond acceptors (Lipinski definition) is 6. The highest BCUT2D eigenvalue weighted by molar-refractivity contribution is 7.17. The number of nitrogens with two attached hydrogens (primary N) is 1. The molecule has 0 unspecified atom stereocenters. The van der Waals surface area contributed by atoms with Crippen LogP contribution in [0.3, 0.4) is 0 Å². The van der Waals surface area contributed by atoms with Crippen molar-refractivity contribution in [3.8, 4) is 11.4 Å². The minimum absolute atomic E-state index is 0.0966. The number of primary amides is 1. The molecule has 1 aromatic carbocycles. The monoisotopic (exact) mass is 396 g/mol. The van der Waals surface area contributed by atoms with Gasteiger partial charge in [-0.05, 0) is 36.5 Å². The van der Waals surface area contributed by atoms with Crippen molar-refractivity contribution in [1.29, 1.82) is 0 Å². The molecule has 2 amide bonds. The molecule has 4 rings (SSSR count). The maximum absolute atomic E-state index is 12.5. The van der Waals surface area contributed by atoms with Crippen LogP contribution in [-0.2, 0) is 24.2 Å². The van der Waals surface area contributed by atoms with Gasteiger partial charge in [-0.15, -0.1) is 21.5 Å². The van der Waals surface area contributed by atoms with Crippen LogP contribution in [0.5, 0.6) is 0 Å². The molecule has 0 saturated carbocycles. The number of hydrogen-bond donors (Lipinski definition) is 2. The standard InChI is InChI=1S/C19H20N6O2S/c20-17(27)16-13-9-5-2-6-10-14(13)28-19(16)21-15(26)11-25-23-18(22-24-25)12-7-3-1-4-8-12/h1,3-4,7-8H,2,5-6,9-11H2,(H2,20,27)(H,21,26). The first-order valence-electron chi connectivity index (χ1n) is 9.19. The fourth-order valence-electron chi connectivity index (χ4n) is 3.40. The van der Waals surface area contributed by atoms with Crippen LogP contribution in [0.2, 0.25) is 0 Å². The van der Waals surface area contributed by atoms with Crippen LogP contribution < -0.4 is 11.1 Å². The van der Waals surface area contributed by atoms with Gasteiger partial charge in [-0.25, -0.2) is 0 Å². The molecule has 0 atom stereocenters. The van der Waals surface area contributed by atoms with E-state index >= 15 is 0 Å². The van der Waals surface area contributed by atoms with E-state index in [-0.39, 0.29) is 12.5 Å². The number of carbonyl (C=O) groups excluding carboxylic acids is 2. The average molecular weight is 396 g/mol. The van der Waals surface area contributed by atoms with Crippen molar-refractivity contribution in [2.75, 3.05) is 5.32 Å². The average Bonchev–Trinajstić information content (AvgIpc) is 3.20. The van der Waals surface area contributed by atoms with Gasteiger partial charge in [-0.1, -0.05) is 36.8 Å². The highest BCUT2D eigenvalue weighted by Gasteiger charge is 2.24. The van der Waals surface area contributed by atoms with Gasteiger partial charge in [-0.2, -0.15) is 4.80 Å². The fraction of sp³-hybridized carbons (Fsp3) is 0.316. The summed E-state index contributed by atoms with van der Waals surface area (Å²) < 4.78 is 0. The minimum atomic E-state index is -0.500. The Bertz CT molecular complexity index is 1010. The molecule has 2 heterocycles. The quantitative estimate of drug-likeness (QED) is 0.643. The van der Waals surface area contributed by atoms with E-state index in [2.05, 4.69) is 20.7 Å². The molecule has 3 N–H and O–H groups in total. The lowest BCUT2D eigenvalue weighted by Gasteiger charge is -2.05. The van der Waals surface area contributed by atoms with Gasteiger partial charge >= 0.3 is 0 Å². The van der Waals surface area contributed by atoms with E-state index in [1.807, 2.05) is 30.3 Å². The molecule has 1 aliphatic carbocycles. The molecule has 0 saturated heterocycles. The van der Waals surface area contributed by atoms with Crippen LogP contribution >= 0.6 is 11.3 Å². The molecule has 0 bridgehead atoms. The number of nitrogens with one attached hydrogen (secondary N) is 1. The molecule has 28 heavy (non-hydrogen) atoms. The largest absolute Gasteiger partial charge is 0.365 e. The summed E-state index contributed by atoms with van der Waals surface area (Å²) in [4.78, 5) is 26.9. The number of amides is 2. The second-order valence-corrected chi connectivity index (χ2v) is 7.80. The van der Waals surface area contributed by atoms with Gasteiger partial charge in [0, 0.05) is 10.4 Å². The Balaban J connectivity index is 1.50. The fourth-order valence-corrected chi connectivity index (χ4v) is 4.71. The number of carbonyl (C=O) groups is 2. The third-order valence-corrected chi connectivity index (χ3v) is 5.90. The molecule has 0 spiro atoms. The maximum atomic E-state index is 12.5. The highest BCUT2D eigenvalue weighted by atomic mass is 32.1. The maximum Gasteiger partial charge on any atom is 0.251 e. The van der Waals surface area contributed by atoms with Crippen LogP contribution in [0.4, 0.5) is 5.00 Å². The number of benzene rings is 1. The summed E-state index contributed by atoms with van der Waals surface area (Å²) in [6.07, 6.45) is 5.00. The summed E-state index contributed by atoms with van der Waals surface area (Å²) in [6.45, 7) is -0.0966. The van der Waals surface area contributed by atoms with E-state index in [0.717, 1.165) is 48.1 Å². The zero-order valence-corrected chi connectivity index (χ0v) is 16.0. The molecule has 3 aromatic rings. The Kier molecular flexibility index (Phi) is 5.16. The van der Waals surface area contributed by atoms with E-state index in [4.69, 9.17) is 5.73 Å². The van der Waals surface area contributed by atoms with Crippen LogP contribution in [0.1, 0.15) is 40.1 Å². The first-order valence-corrected chi connectivity index (χ1v) is 10.0. The molecule has 1 aliphatic rings. The van der Waals surface area contributed by atoms with Crippen molar-refractivity contribution in [3.63, 3.8) is 0 Å². The summed E-state index contributed by atoms with van der Waals surface area (Å²) in [7, 11) is 0. The van der Waals surface area contributed by atoms with E-state index in [1.54, 1.807) is 0 Å². The van der Waals surface area contributed by atoms with E-state index in [0.29, 0.717) is 16.4 Å². The molecular weight excluding hydrogens is 376 g/mol. The molecule has 2 aromatic heterocycles. The van der Waals surface area contributed by atoms with Gasteiger partial charge in [0.15, 0.2) is 0 Å². The van der Waals surface area contributed by atoms with Gasteiger partial charge in [0.25, 0.3) is 5.91 Å². The van der Waals surface area contributed by atoms with Crippen molar-refractivity contribution in [1.82, 2.24) is 20.2 Å². The Morgan fingerprint density at radius 3 is 2.71 bits per heavy atom. The van der Waals surface area contributed by atoms with Crippen LogP contribution in [0, 0.1) is 0 Å². The minimum Gasteiger partial charge on any atom is -0.365 e. The normalized spacial score (nSPS) is 13.6. The van der Waals surface area contributed by atoms with Gasteiger partial charge < -0.3 is 11.1 Å². The predicted molar refractivity (Wildman–Crippen MR) is 106 cm³/mol. The number of fused-ring (bicyclic) bond motifs is 1. The first kappa shape index (κ1) is 18.3. The van der Waals surface area contributed by atoms with Crippen molar-refractivity contribution < 1.29 is 9.59 Å². The number of rotatable bonds is 5. The topological polar surface area (TPSA) is 116 Å². The number of nitrogens with zero attached hydrogens (tertiary/aromatic N) is 4. The van der Waals surface area contributed by atoms with E-state index < -0.39 is 5.91 Å². The first-order chi connectivity index (χ1) is 13.6. The lowest BCUT2D eigenvalue weighted by molar-refractivity contribution is -0.117. The summed E-state index contributed by atoms with van der Waals surface area (Å²) >= 11 is 1.45. The van der Waals surface area contributed by atoms with Gasteiger partial charge in [0.2, 0.25) is 11.7 Å². The summed E-state index contributed by atoms with van der Waals surface area (Å²) in [5.41, 5.74) is 7.88. The summed E-state index contributed by atoms with van der Waals surface area (Å²) in [5, 5.41) is 15.5. The third kappa shape index (κ3) is 3.79. The van der Waals surface area contributed by atoms with Crippen molar-refractivity contribution >= 4 is 28.2 Å². The summed E-state index contributed by atoms with van der Waals surface area (Å²) in [5.74, 6) is -0.370. The number of anilines is 1. The van der Waals surface area contributed by atoms with Crippen LogP contribution in [-0.4, -0.2) is 32.0 Å². The zero-order valence-electron chi connectivity index (χ0n) is 15.2. The molecular formula is C19H20N6O2S. The molecule has 0 aliphatic heterocycles. The Morgan fingerprint density at radius 1 is 1.14 bits per heavy atom. The SMILES string of the molecule is NC(=O)c1c(NC(=O)Cn2nnc(-c3ccccc3)n2)sc2c1CCCCC2.